The molecule has 5 nitrogen and oxygen atoms in total. The normalized spacial score (nSPS) is 23.9. The lowest BCUT2D eigenvalue weighted by Gasteiger charge is -2.24. The van der Waals surface area contributed by atoms with Crippen LogP contribution in [-0.4, -0.2) is 23.6 Å². The molecule has 0 radical (unpaired) electrons. The fraction of sp³-hybridized carbons (Fsp3) is 0.429. The number of imide groups is 1. The number of carbonyl (C=O) groups excluding carboxylic acids is 2. The summed E-state index contributed by atoms with van der Waals surface area (Å²) < 4.78 is 5.71. The van der Waals surface area contributed by atoms with Crippen LogP contribution in [0.25, 0.3) is 0 Å². The highest BCUT2D eigenvalue weighted by Gasteiger charge is 2.42. The molecule has 0 unspecified atom stereocenters. The van der Waals surface area contributed by atoms with Gasteiger partial charge in [-0.3, -0.25) is 10.1 Å². The van der Waals surface area contributed by atoms with Crippen molar-refractivity contribution in [2.24, 2.45) is 0 Å². The van der Waals surface area contributed by atoms with E-state index in [-0.39, 0.29) is 12.0 Å². The van der Waals surface area contributed by atoms with Crippen LogP contribution in [0.2, 0.25) is 0 Å². The molecule has 1 aliphatic heterocycles. The Labute approximate surface area is 112 Å². The first-order valence-corrected chi connectivity index (χ1v) is 6.29. The van der Waals surface area contributed by atoms with E-state index in [9.17, 15) is 9.59 Å². The van der Waals surface area contributed by atoms with Crippen molar-refractivity contribution in [3.8, 4) is 0 Å². The molecule has 2 rings (SSSR count). The lowest BCUT2D eigenvalue weighted by atomic mass is 9.95. The number of hydrogen-bond acceptors (Lipinski definition) is 3. The first-order chi connectivity index (χ1) is 8.99. The predicted octanol–water partition coefficient (Wildman–Crippen LogP) is 1.58. The van der Waals surface area contributed by atoms with Crippen molar-refractivity contribution in [2.75, 3.05) is 0 Å². The highest BCUT2D eigenvalue weighted by molar-refractivity contribution is 6.06. The van der Waals surface area contributed by atoms with Gasteiger partial charge in [-0.1, -0.05) is 30.3 Å². The molecule has 1 aliphatic rings. The van der Waals surface area contributed by atoms with E-state index >= 15 is 0 Å². The van der Waals surface area contributed by atoms with Gasteiger partial charge in [0.15, 0.2) is 0 Å². The molecule has 102 valence electrons. The smallest absolute Gasteiger partial charge is 0.322 e. The lowest BCUT2D eigenvalue weighted by Crippen LogP contribution is -2.46. The Bertz CT molecular complexity index is 475. The first kappa shape index (κ1) is 13.5. The average Bonchev–Trinajstić information content (AvgIpc) is 2.61. The Morgan fingerprint density at radius 2 is 1.95 bits per heavy atom. The van der Waals surface area contributed by atoms with Crippen molar-refractivity contribution >= 4 is 11.9 Å². The Kier molecular flexibility index (Phi) is 3.85. The molecule has 2 N–H and O–H groups in total. The van der Waals surface area contributed by atoms with Crippen molar-refractivity contribution in [3.63, 3.8) is 0 Å². The van der Waals surface area contributed by atoms with Gasteiger partial charge in [-0.05, 0) is 19.4 Å². The van der Waals surface area contributed by atoms with Crippen LogP contribution < -0.4 is 10.6 Å². The van der Waals surface area contributed by atoms with Crippen LogP contribution >= 0.6 is 0 Å². The van der Waals surface area contributed by atoms with Crippen LogP contribution in [0.4, 0.5) is 4.79 Å². The van der Waals surface area contributed by atoms with Crippen LogP contribution in [0, 0.1) is 0 Å². The third-order valence-electron chi connectivity index (χ3n) is 3.19. The zero-order chi connectivity index (χ0) is 13.9. The molecule has 2 atom stereocenters. The predicted molar refractivity (Wildman–Crippen MR) is 70.4 cm³/mol. The molecule has 0 aliphatic carbocycles. The van der Waals surface area contributed by atoms with Gasteiger partial charge < -0.3 is 10.1 Å². The molecule has 0 spiro atoms. The van der Waals surface area contributed by atoms with E-state index in [0.717, 1.165) is 5.56 Å². The van der Waals surface area contributed by atoms with Gasteiger partial charge in [-0.15, -0.1) is 0 Å². The summed E-state index contributed by atoms with van der Waals surface area (Å²) in [4.78, 5) is 22.8. The van der Waals surface area contributed by atoms with Crippen molar-refractivity contribution in [1.82, 2.24) is 10.6 Å². The molecule has 19 heavy (non-hydrogen) atoms. The van der Waals surface area contributed by atoms with Gasteiger partial charge >= 0.3 is 6.03 Å². The van der Waals surface area contributed by atoms with Crippen molar-refractivity contribution in [1.29, 1.82) is 0 Å². The number of carbonyl (C=O) groups is 2. The first-order valence-electron chi connectivity index (χ1n) is 6.29. The minimum atomic E-state index is -0.882. The zero-order valence-electron chi connectivity index (χ0n) is 11.1. The highest BCUT2D eigenvalue weighted by atomic mass is 16.5. The van der Waals surface area contributed by atoms with Gasteiger partial charge in [-0.25, -0.2) is 4.79 Å². The average molecular weight is 262 g/mol. The van der Waals surface area contributed by atoms with Crippen molar-refractivity contribution in [3.05, 3.63) is 35.9 Å². The minimum Gasteiger partial charge on any atom is -0.374 e. The van der Waals surface area contributed by atoms with Crippen LogP contribution in [0.3, 0.4) is 0 Å². The molecular weight excluding hydrogens is 244 g/mol. The minimum absolute atomic E-state index is 0.130. The number of urea groups is 1. The summed E-state index contributed by atoms with van der Waals surface area (Å²) in [6.45, 7) is 4.09. The maximum atomic E-state index is 11.7. The molecule has 5 heteroatoms. The fourth-order valence-corrected chi connectivity index (χ4v) is 2.17. The third-order valence-corrected chi connectivity index (χ3v) is 3.19. The number of hydrogen-bond donors (Lipinski definition) is 2. The van der Waals surface area contributed by atoms with Gasteiger partial charge in [0, 0.05) is 6.42 Å². The lowest BCUT2D eigenvalue weighted by molar-refractivity contribution is -0.124. The molecule has 1 fully saturated rings. The number of rotatable bonds is 5. The van der Waals surface area contributed by atoms with Crippen LogP contribution in [-0.2, 0) is 16.1 Å². The summed E-state index contributed by atoms with van der Waals surface area (Å²) in [6, 6.07) is 9.39. The largest absolute Gasteiger partial charge is 0.374 e. The topological polar surface area (TPSA) is 67.4 Å². The molecule has 1 aromatic rings. The quantitative estimate of drug-likeness (QED) is 0.792. The van der Waals surface area contributed by atoms with E-state index in [1.807, 2.05) is 37.3 Å². The van der Waals surface area contributed by atoms with Gasteiger partial charge in [0.25, 0.3) is 5.91 Å². The van der Waals surface area contributed by atoms with Crippen molar-refractivity contribution in [2.45, 2.75) is 38.5 Å². The Morgan fingerprint density at radius 1 is 1.26 bits per heavy atom. The molecule has 3 amide bonds. The molecule has 1 aromatic carbocycles. The SMILES string of the molecule is C[C@@H](C[C@]1(C)NC(=O)NC1=O)OCc1ccccc1. The second-order valence-corrected chi connectivity index (χ2v) is 5.05. The summed E-state index contributed by atoms with van der Waals surface area (Å²) in [5, 5.41) is 4.87. The molecule has 1 heterocycles. The van der Waals surface area contributed by atoms with E-state index in [1.54, 1.807) is 6.92 Å². The van der Waals surface area contributed by atoms with Crippen LogP contribution in [0.15, 0.2) is 30.3 Å². The summed E-state index contributed by atoms with van der Waals surface area (Å²) in [6.07, 6.45) is 0.312. The molecule has 0 bridgehead atoms. The Morgan fingerprint density at radius 3 is 2.53 bits per heavy atom. The van der Waals surface area contributed by atoms with E-state index in [2.05, 4.69) is 10.6 Å². The zero-order valence-corrected chi connectivity index (χ0v) is 11.1. The molecular formula is C14H18N2O3. The van der Waals surface area contributed by atoms with Gasteiger partial charge in [-0.2, -0.15) is 0 Å². The Balaban J connectivity index is 1.86. The summed E-state index contributed by atoms with van der Waals surface area (Å²) in [5.41, 5.74) is 0.201. The van der Waals surface area contributed by atoms with E-state index in [4.69, 9.17) is 4.74 Å². The van der Waals surface area contributed by atoms with Crippen LogP contribution in [0.1, 0.15) is 25.8 Å². The second-order valence-electron chi connectivity index (χ2n) is 5.05. The maximum absolute atomic E-state index is 11.7. The monoisotopic (exact) mass is 262 g/mol. The molecule has 0 saturated carbocycles. The molecule has 1 saturated heterocycles. The van der Waals surface area contributed by atoms with Crippen molar-refractivity contribution < 1.29 is 14.3 Å². The number of benzene rings is 1. The molecule has 0 aromatic heterocycles. The van der Waals surface area contributed by atoms with Crippen LogP contribution in [0.5, 0.6) is 0 Å². The summed E-state index contributed by atoms with van der Waals surface area (Å²) >= 11 is 0. The maximum Gasteiger partial charge on any atom is 0.322 e. The van der Waals surface area contributed by atoms with Gasteiger partial charge in [0.1, 0.15) is 5.54 Å². The number of amides is 3. The Hall–Kier alpha value is -1.88. The highest BCUT2D eigenvalue weighted by Crippen LogP contribution is 2.19. The van der Waals surface area contributed by atoms with E-state index in [1.165, 1.54) is 0 Å². The summed E-state index contributed by atoms with van der Waals surface area (Å²) in [5.74, 6) is -0.298. The summed E-state index contributed by atoms with van der Waals surface area (Å²) in [7, 11) is 0. The second kappa shape index (κ2) is 5.40. The number of ether oxygens (including phenoxy) is 1. The van der Waals surface area contributed by atoms with E-state index < -0.39 is 11.6 Å². The number of nitrogens with one attached hydrogen (secondary N) is 2. The van der Waals surface area contributed by atoms with E-state index in [0.29, 0.717) is 13.0 Å². The van der Waals surface area contributed by atoms with Gasteiger partial charge in [0.05, 0.1) is 12.7 Å². The third kappa shape index (κ3) is 3.32. The fourth-order valence-electron chi connectivity index (χ4n) is 2.17. The standard InChI is InChI=1S/C14H18N2O3/c1-10(19-9-11-6-4-3-5-7-11)8-14(2)12(17)15-13(18)16-14/h3-7,10H,8-9H2,1-2H3,(H2,15,16,17,18)/t10-,14-/m0/s1. The van der Waals surface area contributed by atoms with Gasteiger partial charge in [0.2, 0.25) is 0 Å².